The van der Waals surface area contributed by atoms with Crippen LogP contribution in [0.25, 0.3) is 11.1 Å². The van der Waals surface area contributed by atoms with Crippen molar-refractivity contribution in [1.82, 2.24) is 4.72 Å². The maximum Gasteiger partial charge on any atom is 0.241 e. The molecule has 0 saturated carbocycles. The number of hydrogen-bond acceptors (Lipinski definition) is 2. The highest BCUT2D eigenvalue weighted by Gasteiger charge is 2.32. The Hall–Kier alpha value is -2.43. The smallest absolute Gasteiger partial charge is 0.207 e. The molecular formula is C21H19NO2S. The third-order valence-electron chi connectivity index (χ3n) is 4.68. The number of fused-ring (bicyclic) bond motifs is 3. The number of hydrogen-bond donors (Lipinski definition) is 1. The summed E-state index contributed by atoms with van der Waals surface area (Å²) in [6, 6.07) is 20.7. The monoisotopic (exact) mass is 349 g/mol. The third-order valence-corrected chi connectivity index (χ3v) is 6.12. The van der Waals surface area contributed by atoms with Crippen LogP contribution in [0.2, 0.25) is 0 Å². The van der Waals surface area contributed by atoms with E-state index in [-0.39, 0.29) is 10.9 Å². The van der Waals surface area contributed by atoms with Gasteiger partial charge in [-0.25, -0.2) is 8.42 Å². The standard InChI is InChI=1S/C21H19NO2S/c1-14-7-10-16(11-8-14)25(23,24)22-21-19-6-4-3-5-17(19)18-12-9-15(2)13-20(18)21/h3-13,21-22H,1-2H3. The van der Waals surface area contributed by atoms with Crippen LogP contribution in [0.1, 0.15) is 28.3 Å². The second-order valence-electron chi connectivity index (χ2n) is 6.55. The third kappa shape index (κ3) is 2.77. The van der Waals surface area contributed by atoms with Gasteiger partial charge in [0.25, 0.3) is 0 Å². The zero-order chi connectivity index (χ0) is 17.6. The molecule has 0 saturated heterocycles. The maximum absolute atomic E-state index is 12.9. The normalized spacial score (nSPS) is 15.7. The molecule has 0 spiro atoms. The van der Waals surface area contributed by atoms with E-state index < -0.39 is 10.0 Å². The lowest BCUT2D eigenvalue weighted by molar-refractivity contribution is 0.573. The molecule has 3 nitrogen and oxygen atoms in total. The molecular weight excluding hydrogens is 330 g/mol. The summed E-state index contributed by atoms with van der Waals surface area (Å²) in [5.41, 5.74) is 6.35. The highest BCUT2D eigenvalue weighted by Crippen LogP contribution is 2.44. The van der Waals surface area contributed by atoms with Crippen LogP contribution < -0.4 is 4.72 Å². The predicted molar refractivity (Wildman–Crippen MR) is 100.0 cm³/mol. The van der Waals surface area contributed by atoms with Gasteiger partial charge in [-0.1, -0.05) is 65.7 Å². The van der Waals surface area contributed by atoms with Gasteiger partial charge in [0.15, 0.2) is 0 Å². The summed E-state index contributed by atoms with van der Waals surface area (Å²) in [6.07, 6.45) is 0. The Bertz CT molecular complexity index is 1050. The first-order chi connectivity index (χ1) is 12.0. The van der Waals surface area contributed by atoms with Gasteiger partial charge in [-0.15, -0.1) is 0 Å². The Morgan fingerprint density at radius 3 is 2.16 bits per heavy atom. The van der Waals surface area contributed by atoms with E-state index in [0.717, 1.165) is 33.4 Å². The second-order valence-corrected chi connectivity index (χ2v) is 8.26. The van der Waals surface area contributed by atoms with Crippen molar-refractivity contribution in [2.75, 3.05) is 0 Å². The molecule has 0 aromatic heterocycles. The zero-order valence-corrected chi connectivity index (χ0v) is 15.0. The van der Waals surface area contributed by atoms with Crippen LogP contribution in [0.5, 0.6) is 0 Å². The summed E-state index contributed by atoms with van der Waals surface area (Å²) in [6.45, 7) is 3.96. The zero-order valence-electron chi connectivity index (χ0n) is 14.2. The van der Waals surface area contributed by atoms with E-state index in [1.807, 2.05) is 50.2 Å². The minimum Gasteiger partial charge on any atom is -0.207 e. The average Bonchev–Trinajstić information content (AvgIpc) is 2.88. The Kier molecular flexibility index (Phi) is 3.74. The van der Waals surface area contributed by atoms with Gasteiger partial charge in [0, 0.05) is 0 Å². The van der Waals surface area contributed by atoms with E-state index in [2.05, 4.69) is 22.9 Å². The molecule has 0 amide bonds. The van der Waals surface area contributed by atoms with Crippen LogP contribution in [0, 0.1) is 13.8 Å². The van der Waals surface area contributed by atoms with Crippen LogP contribution in [0.3, 0.4) is 0 Å². The number of nitrogens with one attached hydrogen (secondary N) is 1. The van der Waals surface area contributed by atoms with Crippen LogP contribution >= 0.6 is 0 Å². The van der Waals surface area contributed by atoms with Gasteiger partial charge < -0.3 is 0 Å². The molecule has 0 radical (unpaired) electrons. The van der Waals surface area contributed by atoms with E-state index in [1.54, 1.807) is 12.1 Å². The lowest BCUT2D eigenvalue weighted by Crippen LogP contribution is -2.28. The van der Waals surface area contributed by atoms with E-state index in [1.165, 1.54) is 0 Å². The minimum absolute atomic E-state index is 0.289. The summed E-state index contributed by atoms with van der Waals surface area (Å²) >= 11 is 0. The molecule has 25 heavy (non-hydrogen) atoms. The van der Waals surface area contributed by atoms with Gasteiger partial charge in [0.1, 0.15) is 0 Å². The van der Waals surface area contributed by atoms with Crippen molar-refractivity contribution >= 4 is 10.0 Å². The Morgan fingerprint density at radius 1 is 0.760 bits per heavy atom. The van der Waals surface area contributed by atoms with Crippen molar-refractivity contribution in [2.24, 2.45) is 0 Å². The van der Waals surface area contributed by atoms with Crippen LogP contribution in [-0.4, -0.2) is 8.42 Å². The molecule has 0 aliphatic heterocycles. The van der Waals surface area contributed by atoms with E-state index in [4.69, 9.17) is 0 Å². The van der Waals surface area contributed by atoms with E-state index in [0.29, 0.717) is 0 Å². The van der Waals surface area contributed by atoms with Gasteiger partial charge in [-0.05, 0) is 48.2 Å². The molecule has 3 aromatic carbocycles. The lowest BCUT2D eigenvalue weighted by Gasteiger charge is -2.16. The number of benzene rings is 3. The quantitative estimate of drug-likeness (QED) is 0.764. The molecule has 126 valence electrons. The summed E-state index contributed by atoms with van der Waals surface area (Å²) < 4.78 is 28.7. The fourth-order valence-electron chi connectivity index (χ4n) is 3.40. The molecule has 1 N–H and O–H groups in total. The van der Waals surface area contributed by atoms with E-state index >= 15 is 0 Å². The number of rotatable bonds is 3. The molecule has 0 heterocycles. The van der Waals surface area contributed by atoms with Gasteiger partial charge in [-0.2, -0.15) is 4.72 Å². The molecule has 1 aliphatic carbocycles. The van der Waals surface area contributed by atoms with Gasteiger partial charge >= 0.3 is 0 Å². The molecule has 0 bridgehead atoms. The SMILES string of the molecule is Cc1ccc(S(=O)(=O)NC2c3ccccc3-c3ccc(C)cc32)cc1. The van der Waals surface area contributed by atoms with Gasteiger partial charge in [0.2, 0.25) is 10.0 Å². The minimum atomic E-state index is -3.61. The molecule has 0 fully saturated rings. The predicted octanol–water partition coefficient (Wildman–Crippen LogP) is 4.35. The van der Waals surface area contributed by atoms with Crippen molar-refractivity contribution in [1.29, 1.82) is 0 Å². The second kappa shape index (κ2) is 5.83. The first-order valence-electron chi connectivity index (χ1n) is 8.24. The average molecular weight is 349 g/mol. The van der Waals surface area contributed by atoms with Gasteiger partial charge in [-0.3, -0.25) is 0 Å². The highest BCUT2D eigenvalue weighted by molar-refractivity contribution is 7.89. The summed E-state index contributed by atoms with van der Waals surface area (Å²) in [5.74, 6) is 0. The lowest BCUT2D eigenvalue weighted by atomic mass is 10.0. The fourth-order valence-corrected chi connectivity index (χ4v) is 4.59. The van der Waals surface area contributed by atoms with Gasteiger partial charge in [0.05, 0.1) is 10.9 Å². The molecule has 4 heteroatoms. The summed E-state index contributed by atoms with van der Waals surface area (Å²) in [5, 5.41) is 0. The van der Waals surface area contributed by atoms with Crippen molar-refractivity contribution in [2.45, 2.75) is 24.8 Å². The molecule has 1 atom stereocenters. The largest absolute Gasteiger partial charge is 0.241 e. The first-order valence-corrected chi connectivity index (χ1v) is 9.73. The summed E-state index contributed by atoms with van der Waals surface area (Å²) in [4.78, 5) is 0.289. The Morgan fingerprint density at radius 2 is 1.40 bits per heavy atom. The van der Waals surface area contributed by atoms with Crippen molar-refractivity contribution < 1.29 is 8.42 Å². The van der Waals surface area contributed by atoms with E-state index in [9.17, 15) is 8.42 Å². The highest BCUT2D eigenvalue weighted by atomic mass is 32.2. The van der Waals surface area contributed by atoms with Crippen molar-refractivity contribution in [3.63, 3.8) is 0 Å². The van der Waals surface area contributed by atoms with Crippen molar-refractivity contribution in [3.8, 4) is 11.1 Å². The number of aryl methyl sites for hydroxylation is 2. The van der Waals surface area contributed by atoms with Crippen LogP contribution in [0.15, 0.2) is 71.6 Å². The van der Waals surface area contributed by atoms with Crippen molar-refractivity contribution in [3.05, 3.63) is 89.0 Å². The first kappa shape index (κ1) is 16.1. The molecule has 3 aromatic rings. The Labute approximate surface area is 148 Å². The Balaban J connectivity index is 1.80. The number of sulfonamides is 1. The maximum atomic E-state index is 12.9. The molecule has 1 aliphatic rings. The fraction of sp³-hybridized carbons (Fsp3) is 0.143. The van der Waals surface area contributed by atoms with Crippen LogP contribution in [-0.2, 0) is 10.0 Å². The van der Waals surface area contributed by atoms with Crippen LogP contribution in [0.4, 0.5) is 0 Å². The molecule has 4 rings (SSSR count). The topological polar surface area (TPSA) is 46.2 Å². The summed E-state index contributed by atoms with van der Waals surface area (Å²) in [7, 11) is -3.61. The molecule has 1 unspecified atom stereocenters.